The van der Waals surface area contributed by atoms with Gasteiger partial charge in [0.1, 0.15) is 0 Å². The summed E-state index contributed by atoms with van der Waals surface area (Å²) in [7, 11) is 0. The number of hydrogen-bond acceptors (Lipinski definition) is 1. The number of aromatic nitrogens is 1. The van der Waals surface area contributed by atoms with E-state index in [1.165, 1.54) is 0 Å². The molecule has 56 valence electrons. The van der Waals surface area contributed by atoms with Gasteiger partial charge in [0.25, 0.3) is 0 Å². The molecular weight excluding hydrogens is 262 g/mol. The second-order valence-electron chi connectivity index (χ2n) is 1.82. The summed E-state index contributed by atoms with van der Waals surface area (Å²) in [4.78, 5) is 13.7. The highest BCUT2D eigenvalue weighted by Gasteiger charge is 1.94. The maximum Gasteiger partial charge on any atom is 0.198 e. The van der Waals surface area contributed by atoms with Crippen molar-refractivity contribution >= 4 is 32.9 Å². The number of hydrogen-bond donors (Lipinski definition) is 1. The van der Waals surface area contributed by atoms with Crippen molar-refractivity contribution in [2.24, 2.45) is 0 Å². The van der Waals surface area contributed by atoms with E-state index < -0.39 is 0 Å². The lowest BCUT2D eigenvalue weighted by atomic mass is 10.3. The van der Waals surface area contributed by atoms with Crippen LogP contribution in [0.25, 0.3) is 0 Å². The zero-order valence-corrected chi connectivity index (χ0v) is 8.65. The molecular formula is C6H7Br2NO. The van der Waals surface area contributed by atoms with E-state index >= 15 is 0 Å². The molecule has 0 atom stereocenters. The molecule has 1 rings (SSSR count). The monoisotopic (exact) mass is 267 g/mol. The van der Waals surface area contributed by atoms with Crippen LogP contribution in [0.15, 0.2) is 21.7 Å². The summed E-state index contributed by atoms with van der Waals surface area (Å²) >= 11 is 3.10. The number of nitrogens with one attached hydrogen (secondary N) is 1. The minimum absolute atomic E-state index is 0. The summed E-state index contributed by atoms with van der Waals surface area (Å²) in [5, 5.41) is 0. The van der Waals surface area contributed by atoms with Crippen LogP contribution in [0, 0.1) is 6.92 Å². The van der Waals surface area contributed by atoms with Crippen LogP contribution in [0.1, 0.15) is 5.56 Å². The fourth-order valence-corrected chi connectivity index (χ4v) is 1.00. The number of H-pyrrole nitrogens is 1. The van der Waals surface area contributed by atoms with Crippen LogP contribution in [-0.4, -0.2) is 4.98 Å². The number of halogens is 2. The average Bonchev–Trinajstić information content (AvgIpc) is 1.83. The molecule has 1 N–H and O–H groups in total. The predicted octanol–water partition coefficient (Wildman–Crippen LogP) is 2.02. The van der Waals surface area contributed by atoms with Crippen LogP contribution < -0.4 is 5.43 Å². The van der Waals surface area contributed by atoms with Crippen molar-refractivity contribution in [3.8, 4) is 0 Å². The molecule has 0 amide bonds. The molecule has 0 spiro atoms. The molecule has 10 heavy (non-hydrogen) atoms. The molecule has 0 aliphatic heterocycles. The number of aromatic amines is 1. The summed E-state index contributed by atoms with van der Waals surface area (Å²) in [5.41, 5.74) is 0.776. The molecule has 0 aliphatic carbocycles. The van der Waals surface area contributed by atoms with Crippen molar-refractivity contribution < 1.29 is 0 Å². The fraction of sp³-hybridized carbons (Fsp3) is 0.167. The summed E-state index contributed by atoms with van der Waals surface area (Å²) in [6, 6.07) is 0. The maximum absolute atomic E-state index is 10.9. The first-order valence-electron chi connectivity index (χ1n) is 2.55. The second kappa shape index (κ2) is 3.93. The van der Waals surface area contributed by atoms with Crippen molar-refractivity contribution in [2.75, 3.05) is 0 Å². The Kier molecular flexibility index (Phi) is 3.89. The van der Waals surface area contributed by atoms with Gasteiger partial charge in [-0.2, -0.15) is 0 Å². The van der Waals surface area contributed by atoms with Gasteiger partial charge < -0.3 is 4.98 Å². The van der Waals surface area contributed by atoms with Crippen molar-refractivity contribution in [1.82, 2.24) is 4.98 Å². The molecule has 0 aliphatic rings. The van der Waals surface area contributed by atoms with E-state index in [2.05, 4.69) is 20.9 Å². The Bertz CT molecular complexity index is 245. The number of pyridine rings is 1. The highest BCUT2D eigenvalue weighted by atomic mass is 79.9. The largest absolute Gasteiger partial charge is 0.366 e. The van der Waals surface area contributed by atoms with Crippen LogP contribution in [0.2, 0.25) is 0 Å². The van der Waals surface area contributed by atoms with Crippen LogP contribution in [0.5, 0.6) is 0 Å². The minimum atomic E-state index is 0. The van der Waals surface area contributed by atoms with Crippen LogP contribution in [0.4, 0.5) is 0 Å². The fourth-order valence-electron chi connectivity index (χ4n) is 0.559. The molecule has 0 unspecified atom stereocenters. The third kappa shape index (κ3) is 1.95. The van der Waals surface area contributed by atoms with Gasteiger partial charge in [-0.05, 0) is 22.9 Å². The summed E-state index contributed by atoms with van der Waals surface area (Å²) in [6.45, 7) is 1.77. The van der Waals surface area contributed by atoms with Crippen molar-refractivity contribution in [2.45, 2.75) is 6.92 Å². The van der Waals surface area contributed by atoms with Gasteiger partial charge in [0.15, 0.2) is 5.43 Å². The Labute approximate surface area is 77.6 Å². The van der Waals surface area contributed by atoms with Gasteiger partial charge in [-0.25, -0.2) is 0 Å². The molecule has 0 saturated carbocycles. The first-order chi connectivity index (χ1) is 4.22. The molecule has 0 saturated heterocycles. The van der Waals surface area contributed by atoms with E-state index in [9.17, 15) is 4.79 Å². The molecule has 0 aromatic carbocycles. The Balaban J connectivity index is 0.000000810. The van der Waals surface area contributed by atoms with Crippen molar-refractivity contribution in [3.63, 3.8) is 0 Å². The first kappa shape index (κ1) is 9.91. The Morgan fingerprint density at radius 2 is 2.10 bits per heavy atom. The number of rotatable bonds is 0. The SMILES string of the molecule is Br.Cc1c[nH]cc(Br)c1=O. The van der Waals surface area contributed by atoms with E-state index in [0.29, 0.717) is 4.47 Å². The van der Waals surface area contributed by atoms with Gasteiger partial charge in [0.2, 0.25) is 0 Å². The Morgan fingerprint density at radius 1 is 1.50 bits per heavy atom. The quantitative estimate of drug-likeness (QED) is 0.767. The molecule has 1 aromatic heterocycles. The Hall–Kier alpha value is -0.0900. The third-order valence-electron chi connectivity index (χ3n) is 1.08. The van der Waals surface area contributed by atoms with Crippen molar-refractivity contribution in [3.05, 3.63) is 32.7 Å². The molecule has 1 aromatic rings. The van der Waals surface area contributed by atoms with Gasteiger partial charge in [-0.15, -0.1) is 17.0 Å². The lowest BCUT2D eigenvalue weighted by Crippen LogP contribution is -2.04. The molecule has 0 bridgehead atoms. The molecule has 1 heterocycles. The van der Waals surface area contributed by atoms with E-state index in [-0.39, 0.29) is 22.4 Å². The zero-order valence-electron chi connectivity index (χ0n) is 5.35. The summed E-state index contributed by atoms with van der Waals surface area (Å²) in [5.74, 6) is 0. The van der Waals surface area contributed by atoms with Crippen molar-refractivity contribution in [1.29, 1.82) is 0 Å². The minimum Gasteiger partial charge on any atom is -0.366 e. The van der Waals surface area contributed by atoms with Gasteiger partial charge in [0, 0.05) is 18.0 Å². The second-order valence-corrected chi connectivity index (χ2v) is 2.67. The van der Waals surface area contributed by atoms with Gasteiger partial charge >= 0.3 is 0 Å². The first-order valence-corrected chi connectivity index (χ1v) is 3.34. The van der Waals surface area contributed by atoms with E-state index in [1.807, 2.05) is 0 Å². The van der Waals surface area contributed by atoms with Gasteiger partial charge in [-0.3, -0.25) is 4.79 Å². The smallest absolute Gasteiger partial charge is 0.198 e. The molecule has 4 heteroatoms. The lowest BCUT2D eigenvalue weighted by Gasteiger charge is -1.89. The summed E-state index contributed by atoms with van der Waals surface area (Å²) < 4.78 is 0.586. The standard InChI is InChI=1S/C6H6BrNO.BrH/c1-4-2-8-3-5(7)6(4)9;/h2-3H,1H3,(H,8,9);1H. The average molecular weight is 269 g/mol. The Morgan fingerprint density at radius 3 is 2.50 bits per heavy atom. The van der Waals surface area contributed by atoms with E-state index in [1.54, 1.807) is 19.3 Å². The van der Waals surface area contributed by atoms with Crippen LogP contribution in [-0.2, 0) is 0 Å². The maximum atomic E-state index is 10.9. The van der Waals surface area contributed by atoms with E-state index in [4.69, 9.17) is 0 Å². The lowest BCUT2D eigenvalue weighted by molar-refractivity contribution is 1.21. The number of aryl methyl sites for hydroxylation is 1. The van der Waals surface area contributed by atoms with Crippen LogP contribution in [0.3, 0.4) is 0 Å². The topological polar surface area (TPSA) is 32.9 Å². The van der Waals surface area contributed by atoms with Crippen LogP contribution >= 0.6 is 32.9 Å². The van der Waals surface area contributed by atoms with Gasteiger partial charge in [-0.1, -0.05) is 0 Å². The normalized spacial score (nSPS) is 8.60. The summed E-state index contributed by atoms with van der Waals surface area (Å²) in [6.07, 6.45) is 3.29. The highest BCUT2D eigenvalue weighted by molar-refractivity contribution is 9.10. The van der Waals surface area contributed by atoms with E-state index in [0.717, 1.165) is 5.56 Å². The molecule has 0 radical (unpaired) electrons. The van der Waals surface area contributed by atoms with Gasteiger partial charge in [0.05, 0.1) is 4.47 Å². The molecule has 0 fully saturated rings. The predicted molar refractivity (Wildman–Crippen MR) is 49.8 cm³/mol. The highest BCUT2D eigenvalue weighted by Crippen LogP contribution is 1.99. The zero-order chi connectivity index (χ0) is 6.85. The third-order valence-corrected chi connectivity index (χ3v) is 1.67. The molecule has 2 nitrogen and oxygen atoms in total.